The van der Waals surface area contributed by atoms with Crippen molar-refractivity contribution in [3.05, 3.63) is 52.8 Å². The minimum absolute atomic E-state index is 0.245. The van der Waals surface area contributed by atoms with Gasteiger partial charge in [-0.2, -0.15) is 0 Å². The van der Waals surface area contributed by atoms with Crippen LogP contribution in [0.4, 0.5) is 0 Å². The van der Waals surface area contributed by atoms with Crippen molar-refractivity contribution in [1.82, 2.24) is 4.57 Å². The van der Waals surface area contributed by atoms with Crippen LogP contribution in [0.15, 0.2) is 41.7 Å². The fraction of sp³-hybridized carbons (Fsp3) is 0.227. The van der Waals surface area contributed by atoms with Gasteiger partial charge in [0.05, 0.1) is 46.1 Å². The first-order chi connectivity index (χ1) is 14.0. The summed E-state index contributed by atoms with van der Waals surface area (Å²) in [5, 5.41) is 11.0. The first-order valence-corrected chi connectivity index (χ1v) is 8.82. The van der Waals surface area contributed by atoms with Crippen LogP contribution in [0.3, 0.4) is 0 Å². The van der Waals surface area contributed by atoms with Crippen molar-refractivity contribution >= 4 is 17.0 Å². The molecule has 7 heteroatoms. The maximum atomic E-state index is 13.2. The topological polar surface area (TPSA) is 79.2 Å². The van der Waals surface area contributed by atoms with Crippen LogP contribution in [0.1, 0.15) is 5.56 Å². The monoisotopic (exact) mass is 397 g/mol. The predicted molar refractivity (Wildman–Crippen MR) is 112 cm³/mol. The van der Waals surface area contributed by atoms with Crippen LogP contribution in [-0.2, 0) is 6.61 Å². The van der Waals surface area contributed by atoms with Gasteiger partial charge in [-0.25, -0.2) is 0 Å². The summed E-state index contributed by atoms with van der Waals surface area (Å²) in [6.45, 7) is 3.54. The summed E-state index contributed by atoms with van der Waals surface area (Å²) in [4.78, 5) is 13.2. The van der Waals surface area contributed by atoms with Crippen LogP contribution in [0.5, 0.6) is 23.0 Å². The average molecular weight is 397 g/mol. The Morgan fingerprint density at radius 2 is 1.45 bits per heavy atom. The standard InChI is InChI=1S/C22H23NO6/c1-6-23-17(15-10-20(28-4)19(27-3)9-14(15)12-24)7-13-8-18(26-2)21(29-5)11-16(13)22(23)25/h6-11,24H,1,12H2,2-5H3. The third-order valence-electron chi connectivity index (χ3n) is 4.79. The summed E-state index contributed by atoms with van der Waals surface area (Å²) in [6.07, 6.45) is 1.44. The predicted octanol–water partition coefficient (Wildman–Crippen LogP) is 3.30. The highest BCUT2D eigenvalue weighted by molar-refractivity contribution is 5.89. The van der Waals surface area contributed by atoms with Crippen molar-refractivity contribution in [3.8, 4) is 34.3 Å². The molecule has 0 amide bonds. The van der Waals surface area contributed by atoms with Crippen molar-refractivity contribution in [2.75, 3.05) is 28.4 Å². The fourth-order valence-corrected chi connectivity index (χ4v) is 3.33. The highest BCUT2D eigenvalue weighted by atomic mass is 16.5. The summed E-state index contributed by atoms with van der Waals surface area (Å²) in [5.41, 5.74) is 1.48. The van der Waals surface area contributed by atoms with Gasteiger partial charge in [0, 0.05) is 11.8 Å². The van der Waals surface area contributed by atoms with E-state index in [0.717, 1.165) is 0 Å². The van der Waals surface area contributed by atoms with Gasteiger partial charge in [0.25, 0.3) is 5.56 Å². The quantitative estimate of drug-likeness (QED) is 0.659. The van der Waals surface area contributed by atoms with E-state index in [0.29, 0.717) is 50.6 Å². The Labute approximate surface area is 168 Å². The second-order valence-electron chi connectivity index (χ2n) is 6.20. The fourth-order valence-electron chi connectivity index (χ4n) is 3.33. The SMILES string of the molecule is C=Cn1c(-c2cc(OC)c(OC)cc2CO)cc2cc(OC)c(OC)cc2c1=O. The van der Waals surface area contributed by atoms with Crippen LogP contribution in [0, 0.1) is 0 Å². The van der Waals surface area contributed by atoms with Crippen molar-refractivity contribution in [1.29, 1.82) is 0 Å². The van der Waals surface area contributed by atoms with E-state index in [9.17, 15) is 9.90 Å². The van der Waals surface area contributed by atoms with Gasteiger partial charge in [0.1, 0.15) is 0 Å². The van der Waals surface area contributed by atoms with Gasteiger partial charge in [0.2, 0.25) is 0 Å². The molecular formula is C22H23NO6. The lowest BCUT2D eigenvalue weighted by Crippen LogP contribution is -2.18. The Morgan fingerprint density at radius 1 is 0.897 bits per heavy atom. The van der Waals surface area contributed by atoms with E-state index in [2.05, 4.69) is 6.58 Å². The van der Waals surface area contributed by atoms with Crippen molar-refractivity contribution in [2.45, 2.75) is 6.61 Å². The molecule has 0 aliphatic heterocycles. The Bertz CT molecular complexity index is 1130. The van der Waals surface area contributed by atoms with E-state index < -0.39 is 0 Å². The lowest BCUT2D eigenvalue weighted by molar-refractivity contribution is 0.280. The molecule has 3 rings (SSSR count). The normalized spacial score (nSPS) is 10.7. The molecule has 0 unspecified atom stereocenters. The lowest BCUT2D eigenvalue weighted by Gasteiger charge is -2.17. The second kappa shape index (κ2) is 8.28. The summed E-state index contributed by atoms with van der Waals surface area (Å²) < 4.78 is 22.8. The minimum Gasteiger partial charge on any atom is -0.493 e. The van der Waals surface area contributed by atoms with E-state index in [1.165, 1.54) is 39.2 Å². The number of aliphatic hydroxyl groups excluding tert-OH is 1. The molecular weight excluding hydrogens is 374 g/mol. The third-order valence-corrected chi connectivity index (χ3v) is 4.79. The summed E-state index contributed by atoms with van der Waals surface area (Å²) in [7, 11) is 6.10. The van der Waals surface area contributed by atoms with E-state index >= 15 is 0 Å². The first-order valence-electron chi connectivity index (χ1n) is 8.82. The second-order valence-corrected chi connectivity index (χ2v) is 6.20. The van der Waals surface area contributed by atoms with E-state index in [4.69, 9.17) is 18.9 Å². The van der Waals surface area contributed by atoms with Crippen LogP contribution in [0.2, 0.25) is 0 Å². The van der Waals surface area contributed by atoms with Gasteiger partial charge in [-0.3, -0.25) is 9.36 Å². The van der Waals surface area contributed by atoms with Gasteiger partial charge < -0.3 is 24.1 Å². The number of methoxy groups -OCH3 is 4. The first kappa shape index (κ1) is 20.3. The number of pyridine rings is 1. The zero-order valence-corrected chi connectivity index (χ0v) is 16.8. The number of benzene rings is 2. The number of rotatable bonds is 7. The molecule has 0 atom stereocenters. The molecule has 0 radical (unpaired) electrons. The molecule has 0 saturated carbocycles. The average Bonchev–Trinajstić information content (AvgIpc) is 2.76. The molecule has 29 heavy (non-hydrogen) atoms. The summed E-state index contributed by atoms with van der Waals surface area (Å²) in [6, 6.07) is 8.63. The smallest absolute Gasteiger partial charge is 0.263 e. The highest BCUT2D eigenvalue weighted by Gasteiger charge is 2.18. The maximum Gasteiger partial charge on any atom is 0.263 e. The molecule has 7 nitrogen and oxygen atoms in total. The van der Waals surface area contributed by atoms with Gasteiger partial charge in [-0.05, 0) is 41.3 Å². The number of nitrogens with zero attached hydrogens (tertiary/aromatic N) is 1. The molecule has 0 aliphatic rings. The zero-order valence-electron chi connectivity index (χ0n) is 16.8. The highest BCUT2D eigenvalue weighted by Crippen LogP contribution is 2.37. The van der Waals surface area contributed by atoms with E-state index in [1.54, 1.807) is 24.3 Å². The molecule has 0 aliphatic carbocycles. The number of fused-ring (bicyclic) bond motifs is 1. The third kappa shape index (κ3) is 3.40. The van der Waals surface area contributed by atoms with Gasteiger partial charge >= 0.3 is 0 Å². The summed E-state index contributed by atoms with van der Waals surface area (Å²) in [5.74, 6) is 1.94. The largest absolute Gasteiger partial charge is 0.493 e. The van der Waals surface area contributed by atoms with Crippen molar-refractivity contribution in [2.24, 2.45) is 0 Å². The Hall–Kier alpha value is -3.45. The number of hydrogen-bond donors (Lipinski definition) is 1. The molecule has 0 fully saturated rings. The van der Waals surface area contributed by atoms with Gasteiger partial charge in [0.15, 0.2) is 23.0 Å². The van der Waals surface area contributed by atoms with Crippen LogP contribution >= 0.6 is 0 Å². The number of aromatic nitrogens is 1. The van der Waals surface area contributed by atoms with Gasteiger partial charge in [-0.15, -0.1) is 0 Å². The summed E-state index contributed by atoms with van der Waals surface area (Å²) >= 11 is 0. The molecule has 2 aromatic carbocycles. The number of ether oxygens (including phenoxy) is 4. The molecule has 1 N–H and O–H groups in total. The molecule has 3 aromatic rings. The molecule has 0 spiro atoms. The maximum absolute atomic E-state index is 13.2. The van der Waals surface area contributed by atoms with Gasteiger partial charge in [-0.1, -0.05) is 6.58 Å². The molecule has 152 valence electrons. The Kier molecular flexibility index (Phi) is 5.79. The van der Waals surface area contributed by atoms with Crippen LogP contribution in [0.25, 0.3) is 28.2 Å². The molecule has 0 bridgehead atoms. The van der Waals surface area contributed by atoms with Crippen molar-refractivity contribution in [3.63, 3.8) is 0 Å². The minimum atomic E-state index is -0.271. The number of hydrogen-bond acceptors (Lipinski definition) is 6. The molecule has 1 heterocycles. The van der Waals surface area contributed by atoms with E-state index in [-0.39, 0.29) is 12.2 Å². The van der Waals surface area contributed by atoms with E-state index in [1.807, 2.05) is 6.07 Å². The number of aliphatic hydroxyl groups is 1. The molecule has 1 aromatic heterocycles. The molecule has 0 saturated heterocycles. The van der Waals surface area contributed by atoms with Crippen LogP contribution in [-0.4, -0.2) is 38.1 Å². The lowest BCUT2D eigenvalue weighted by atomic mass is 10.0. The zero-order chi connectivity index (χ0) is 21.1. The van der Waals surface area contributed by atoms with Crippen molar-refractivity contribution < 1.29 is 24.1 Å². The van der Waals surface area contributed by atoms with Crippen LogP contribution < -0.4 is 24.5 Å². The Morgan fingerprint density at radius 3 is 2.00 bits per heavy atom. The Balaban J connectivity index is 2.41.